The molecule has 4 nitrogen and oxygen atoms in total. The molecule has 1 N–H and O–H groups in total. The molecule has 0 fully saturated rings. The highest BCUT2D eigenvalue weighted by molar-refractivity contribution is 9.10. The summed E-state index contributed by atoms with van der Waals surface area (Å²) in [6.45, 7) is 9.93. The third-order valence-electron chi connectivity index (χ3n) is 4.18. The number of rotatable bonds is 2. The number of hydrogen-bond acceptors (Lipinski definition) is 2. The third-order valence-corrected chi connectivity index (χ3v) is 4.61. The van der Waals surface area contributed by atoms with E-state index in [1.807, 2.05) is 44.4 Å². The molecule has 0 saturated heterocycles. The second-order valence-corrected chi connectivity index (χ2v) is 7.22. The van der Waals surface area contributed by atoms with Gasteiger partial charge in [0.1, 0.15) is 11.3 Å². The number of fused-ring (bicyclic) bond motifs is 1. The standard InChI is InChI=1S/C19H20BrN3O/c1-10-6-11(2)16(12(3)7-10)22-19(24)17-14(5)21-18-13(4)8-15(20)9-23(17)18/h6-9H,1-5H3,(H,22,24). The fraction of sp³-hybridized carbons (Fsp3) is 0.263. The van der Waals surface area contributed by atoms with Crippen LogP contribution in [0, 0.1) is 34.6 Å². The van der Waals surface area contributed by atoms with Gasteiger partial charge in [-0.15, -0.1) is 0 Å². The molecule has 24 heavy (non-hydrogen) atoms. The number of imidazole rings is 1. The van der Waals surface area contributed by atoms with Gasteiger partial charge in [0.25, 0.3) is 5.91 Å². The van der Waals surface area contributed by atoms with E-state index < -0.39 is 0 Å². The van der Waals surface area contributed by atoms with Crippen LogP contribution < -0.4 is 5.32 Å². The minimum absolute atomic E-state index is 0.146. The summed E-state index contributed by atoms with van der Waals surface area (Å²) in [6, 6.07) is 6.15. The van der Waals surface area contributed by atoms with Crippen LogP contribution in [0.4, 0.5) is 5.69 Å². The van der Waals surface area contributed by atoms with Crippen LogP contribution >= 0.6 is 15.9 Å². The van der Waals surface area contributed by atoms with Crippen LogP contribution in [0.3, 0.4) is 0 Å². The average molecular weight is 386 g/mol. The predicted molar refractivity (Wildman–Crippen MR) is 101 cm³/mol. The van der Waals surface area contributed by atoms with Crippen molar-refractivity contribution in [1.29, 1.82) is 0 Å². The maximum atomic E-state index is 12.9. The van der Waals surface area contributed by atoms with Gasteiger partial charge < -0.3 is 5.32 Å². The van der Waals surface area contributed by atoms with Crippen molar-refractivity contribution in [2.75, 3.05) is 5.32 Å². The molecular formula is C19H20BrN3O. The van der Waals surface area contributed by atoms with E-state index in [1.165, 1.54) is 5.56 Å². The Labute approximate surface area is 150 Å². The van der Waals surface area contributed by atoms with E-state index in [2.05, 4.69) is 45.3 Å². The quantitative estimate of drug-likeness (QED) is 0.682. The van der Waals surface area contributed by atoms with Gasteiger partial charge in [-0.3, -0.25) is 9.20 Å². The zero-order valence-corrected chi connectivity index (χ0v) is 16.1. The molecule has 0 aliphatic carbocycles. The van der Waals surface area contributed by atoms with Gasteiger partial charge in [-0.25, -0.2) is 4.98 Å². The number of nitrogens with one attached hydrogen (secondary N) is 1. The monoisotopic (exact) mass is 385 g/mol. The van der Waals surface area contributed by atoms with E-state index in [1.54, 1.807) is 0 Å². The number of amides is 1. The highest BCUT2D eigenvalue weighted by Crippen LogP contribution is 2.25. The molecule has 124 valence electrons. The summed E-state index contributed by atoms with van der Waals surface area (Å²) in [7, 11) is 0. The predicted octanol–water partition coefficient (Wildman–Crippen LogP) is 4.89. The summed E-state index contributed by atoms with van der Waals surface area (Å²) in [6.07, 6.45) is 1.88. The molecule has 0 saturated carbocycles. The van der Waals surface area contributed by atoms with Gasteiger partial charge in [-0.1, -0.05) is 17.7 Å². The zero-order valence-electron chi connectivity index (χ0n) is 14.5. The first kappa shape index (κ1) is 16.7. The number of aryl methyl sites for hydroxylation is 5. The molecule has 0 aliphatic rings. The average Bonchev–Trinajstić information content (AvgIpc) is 2.79. The number of hydrogen-bond donors (Lipinski definition) is 1. The van der Waals surface area contributed by atoms with Gasteiger partial charge >= 0.3 is 0 Å². The minimum atomic E-state index is -0.146. The lowest BCUT2D eigenvalue weighted by atomic mass is 10.0. The maximum Gasteiger partial charge on any atom is 0.274 e. The lowest BCUT2D eigenvalue weighted by molar-refractivity contribution is 0.102. The van der Waals surface area contributed by atoms with E-state index >= 15 is 0 Å². The van der Waals surface area contributed by atoms with Gasteiger partial charge in [0.2, 0.25) is 0 Å². The number of aromatic nitrogens is 2. The Morgan fingerprint density at radius 1 is 1.04 bits per heavy atom. The highest BCUT2D eigenvalue weighted by atomic mass is 79.9. The molecule has 2 aromatic heterocycles. The van der Waals surface area contributed by atoms with E-state index in [0.29, 0.717) is 5.69 Å². The lowest BCUT2D eigenvalue weighted by Crippen LogP contribution is -2.17. The molecule has 0 radical (unpaired) electrons. The number of nitrogens with zero attached hydrogens (tertiary/aromatic N) is 2. The van der Waals surface area contributed by atoms with Crippen molar-refractivity contribution in [2.45, 2.75) is 34.6 Å². The fourth-order valence-corrected chi connectivity index (χ4v) is 3.75. The maximum absolute atomic E-state index is 12.9. The van der Waals surface area contributed by atoms with Crippen LogP contribution in [-0.4, -0.2) is 15.3 Å². The van der Waals surface area contributed by atoms with E-state index in [4.69, 9.17) is 0 Å². The molecule has 5 heteroatoms. The summed E-state index contributed by atoms with van der Waals surface area (Å²) < 4.78 is 2.77. The molecule has 0 atom stereocenters. The highest BCUT2D eigenvalue weighted by Gasteiger charge is 2.19. The smallest absolute Gasteiger partial charge is 0.274 e. The summed E-state index contributed by atoms with van der Waals surface area (Å²) >= 11 is 3.49. The number of carbonyl (C=O) groups is 1. The SMILES string of the molecule is Cc1cc(C)c(NC(=O)c2c(C)nc3c(C)cc(Br)cn23)c(C)c1. The number of anilines is 1. The van der Waals surface area contributed by atoms with Gasteiger partial charge in [0, 0.05) is 16.4 Å². The van der Waals surface area contributed by atoms with Gasteiger partial charge in [-0.05, 0) is 73.3 Å². The normalized spacial score (nSPS) is 11.1. The number of carbonyl (C=O) groups excluding carboxylic acids is 1. The van der Waals surface area contributed by atoms with Gasteiger partial charge in [-0.2, -0.15) is 0 Å². The molecule has 2 heterocycles. The number of benzene rings is 1. The van der Waals surface area contributed by atoms with Crippen molar-refractivity contribution in [1.82, 2.24) is 9.38 Å². The topological polar surface area (TPSA) is 46.4 Å². The van der Waals surface area contributed by atoms with E-state index in [0.717, 1.165) is 38.2 Å². The molecule has 1 aromatic carbocycles. The molecule has 0 unspecified atom stereocenters. The largest absolute Gasteiger partial charge is 0.320 e. The molecule has 0 aliphatic heterocycles. The second kappa shape index (κ2) is 6.06. The van der Waals surface area contributed by atoms with Crippen molar-refractivity contribution in [3.05, 3.63) is 62.5 Å². The van der Waals surface area contributed by atoms with Crippen LogP contribution in [0.5, 0.6) is 0 Å². The van der Waals surface area contributed by atoms with Crippen molar-refractivity contribution < 1.29 is 4.79 Å². The van der Waals surface area contributed by atoms with Crippen LogP contribution in [0.2, 0.25) is 0 Å². The second-order valence-electron chi connectivity index (χ2n) is 6.31. The first-order valence-electron chi connectivity index (χ1n) is 7.82. The van der Waals surface area contributed by atoms with Crippen LogP contribution in [0.15, 0.2) is 28.9 Å². The first-order valence-corrected chi connectivity index (χ1v) is 8.61. The van der Waals surface area contributed by atoms with Crippen molar-refractivity contribution in [3.8, 4) is 0 Å². The molecule has 0 bridgehead atoms. The van der Waals surface area contributed by atoms with Gasteiger partial charge in [0.15, 0.2) is 0 Å². The lowest BCUT2D eigenvalue weighted by Gasteiger charge is -2.13. The fourth-order valence-electron chi connectivity index (χ4n) is 3.21. The summed E-state index contributed by atoms with van der Waals surface area (Å²) in [4.78, 5) is 17.5. The zero-order chi connectivity index (χ0) is 17.6. The molecule has 0 spiro atoms. The Morgan fingerprint density at radius 3 is 2.29 bits per heavy atom. The summed E-state index contributed by atoms with van der Waals surface area (Å²) in [5, 5.41) is 3.06. The Morgan fingerprint density at radius 2 is 1.67 bits per heavy atom. The third kappa shape index (κ3) is 2.84. The minimum Gasteiger partial charge on any atom is -0.320 e. The summed E-state index contributed by atoms with van der Waals surface area (Å²) in [5.74, 6) is -0.146. The van der Waals surface area contributed by atoms with Crippen LogP contribution in [0.1, 0.15) is 38.4 Å². The van der Waals surface area contributed by atoms with Crippen molar-refractivity contribution >= 4 is 33.2 Å². The van der Waals surface area contributed by atoms with Gasteiger partial charge in [0.05, 0.1) is 5.69 Å². The molecule has 3 aromatic rings. The Bertz CT molecular complexity index is 949. The number of pyridine rings is 1. The Hall–Kier alpha value is -2.14. The molecule has 3 rings (SSSR count). The van der Waals surface area contributed by atoms with Crippen molar-refractivity contribution in [2.24, 2.45) is 0 Å². The van der Waals surface area contributed by atoms with Crippen molar-refractivity contribution in [3.63, 3.8) is 0 Å². The first-order chi connectivity index (χ1) is 11.3. The number of halogens is 1. The van der Waals surface area contributed by atoms with Crippen LogP contribution in [-0.2, 0) is 0 Å². The van der Waals surface area contributed by atoms with E-state index in [-0.39, 0.29) is 5.91 Å². The molecule has 1 amide bonds. The Balaban J connectivity index is 2.09. The molecular weight excluding hydrogens is 366 g/mol. The van der Waals surface area contributed by atoms with Crippen LogP contribution in [0.25, 0.3) is 5.65 Å². The van der Waals surface area contributed by atoms with E-state index in [9.17, 15) is 4.79 Å². The summed E-state index contributed by atoms with van der Waals surface area (Å²) in [5.41, 5.74) is 7.28. The Kier molecular flexibility index (Phi) is 4.22.